The summed E-state index contributed by atoms with van der Waals surface area (Å²) in [5.41, 5.74) is 1.79. The second-order valence-electron chi connectivity index (χ2n) is 6.98. The summed E-state index contributed by atoms with van der Waals surface area (Å²) < 4.78 is 13.1. The minimum Gasteiger partial charge on any atom is -0.291 e. The second-order valence-corrected chi connectivity index (χ2v) is 6.98. The highest BCUT2D eigenvalue weighted by Gasteiger charge is 2.43. The number of piperidine rings is 1. The Kier molecular flexibility index (Phi) is 4.55. The van der Waals surface area contributed by atoms with Gasteiger partial charge in [-0.05, 0) is 61.7 Å². The van der Waals surface area contributed by atoms with Crippen LogP contribution in [0, 0.1) is 5.82 Å². The summed E-state index contributed by atoms with van der Waals surface area (Å²) in [6.45, 7) is 1.61. The summed E-state index contributed by atoms with van der Waals surface area (Å²) in [4.78, 5) is 28.5. The van der Waals surface area contributed by atoms with Crippen LogP contribution in [0.3, 0.4) is 0 Å². The zero-order valence-corrected chi connectivity index (χ0v) is 14.5. The first-order chi connectivity index (χ1) is 12.6. The van der Waals surface area contributed by atoms with Crippen LogP contribution in [0.25, 0.3) is 0 Å². The molecule has 0 aromatic heterocycles. The molecule has 4 nitrogen and oxygen atoms in total. The molecule has 0 N–H and O–H groups in total. The van der Waals surface area contributed by atoms with Crippen molar-refractivity contribution < 1.29 is 14.0 Å². The van der Waals surface area contributed by atoms with Gasteiger partial charge in [-0.2, -0.15) is 0 Å². The minimum absolute atomic E-state index is 0.195. The summed E-state index contributed by atoms with van der Waals surface area (Å²) >= 11 is 0. The van der Waals surface area contributed by atoms with Crippen LogP contribution in [0.5, 0.6) is 0 Å². The lowest BCUT2D eigenvalue weighted by Gasteiger charge is -2.35. The third-order valence-electron chi connectivity index (χ3n) is 5.45. The van der Waals surface area contributed by atoms with Gasteiger partial charge in [0.25, 0.3) is 5.91 Å². The van der Waals surface area contributed by atoms with Crippen molar-refractivity contribution in [2.24, 2.45) is 0 Å². The molecule has 26 heavy (non-hydrogen) atoms. The highest BCUT2D eigenvalue weighted by Crippen LogP contribution is 2.32. The predicted octanol–water partition coefficient (Wildman–Crippen LogP) is 3.34. The Hall–Kier alpha value is -2.53. The van der Waals surface area contributed by atoms with Gasteiger partial charge >= 0.3 is 0 Å². The van der Waals surface area contributed by atoms with Gasteiger partial charge < -0.3 is 0 Å². The quantitative estimate of drug-likeness (QED) is 0.796. The third-order valence-corrected chi connectivity index (χ3v) is 5.45. The standard InChI is InChI=1S/C21H21FN2O2/c22-17-6-8-18(9-7-17)24-20(25)14-19(21(24)26)23-12-10-16(11-13-23)15-4-2-1-3-5-15/h1-9,16,19H,10-14H2/t19-/m1/s1. The summed E-state index contributed by atoms with van der Waals surface area (Å²) in [6.07, 6.45) is 2.17. The molecule has 0 bridgehead atoms. The molecule has 2 saturated heterocycles. The third kappa shape index (κ3) is 3.15. The van der Waals surface area contributed by atoms with E-state index in [-0.39, 0.29) is 24.1 Å². The Morgan fingerprint density at radius 2 is 1.54 bits per heavy atom. The molecule has 0 radical (unpaired) electrons. The number of nitrogens with zero attached hydrogens (tertiary/aromatic N) is 2. The van der Waals surface area contributed by atoms with E-state index >= 15 is 0 Å². The molecule has 4 rings (SSSR count). The molecule has 0 saturated carbocycles. The van der Waals surface area contributed by atoms with Crippen molar-refractivity contribution in [2.45, 2.75) is 31.2 Å². The molecular weight excluding hydrogens is 331 g/mol. The largest absolute Gasteiger partial charge is 0.291 e. The van der Waals surface area contributed by atoms with Gasteiger partial charge in [-0.1, -0.05) is 30.3 Å². The molecule has 0 unspecified atom stereocenters. The minimum atomic E-state index is -0.399. The number of carbonyl (C=O) groups excluding carboxylic acids is 2. The van der Waals surface area contributed by atoms with Crippen molar-refractivity contribution in [2.75, 3.05) is 18.0 Å². The van der Waals surface area contributed by atoms with Crippen LogP contribution < -0.4 is 4.90 Å². The fraction of sp³-hybridized carbons (Fsp3) is 0.333. The van der Waals surface area contributed by atoms with Crippen LogP contribution in [0.1, 0.15) is 30.7 Å². The number of rotatable bonds is 3. The van der Waals surface area contributed by atoms with Gasteiger partial charge in [-0.25, -0.2) is 9.29 Å². The van der Waals surface area contributed by atoms with Crippen molar-refractivity contribution in [3.05, 3.63) is 66.0 Å². The van der Waals surface area contributed by atoms with Crippen molar-refractivity contribution in [3.8, 4) is 0 Å². The van der Waals surface area contributed by atoms with E-state index < -0.39 is 6.04 Å². The number of hydrogen-bond acceptors (Lipinski definition) is 3. The van der Waals surface area contributed by atoms with Crippen molar-refractivity contribution in [3.63, 3.8) is 0 Å². The number of imide groups is 1. The first-order valence-electron chi connectivity index (χ1n) is 9.05. The first kappa shape index (κ1) is 16.9. The number of likely N-dealkylation sites (tertiary alicyclic amines) is 1. The fourth-order valence-corrected chi connectivity index (χ4v) is 4.03. The topological polar surface area (TPSA) is 40.6 Å². The summed E-state index contributed by atoms with van der Waals surface area (Å²) in [7, 11) is 0. The van der Waals surface area contributed by atoms with E-state index in [0.717, 1.165) is 25.9 Å². The molecule has 2 aliphatic rings. The van der Waals surface area contributed by atoms with E-state index in [1.54, 1.807) is 0 Å². The number of benzene rings is 2. The first-order valence-corrected chi connectivity index (χ1v) is 9.05. The molecule has 2 amide bonds. The molecule has 2 aromatic carbocycles. The molecule has 0 aliphatic carbocycles. The molecule has 5 heteroatoms. The molecule has 2 heterocycles. The second kappa shape index (κ2) is 7.00. The molecule has 2 aliphatic heterocycles. The molecule has 2 fully saturated rings. The highest BCUT2D eigenvalue weighted by molar-refractivity contribution is 6.22. The molecular formula is C21H21FN2O2. The van der Waals surface area contributed by atoms with Gasteiger partial charge in [-0.3, -0.25) is 14.5 Å². The SMILES string of the molecule is O=C1C[C@@H](N2CCC(c3ccccc3)CC2)C(=O)N1c1ccc(F)cc1. The maximum Gasteiger partial charge on any atom is 0.251 e. The van der Waals surface area contributed by atoms with E-state index in [4.69, 9.17) is 0 Å². The monoisotopic (exact) mass is 352 g/mol. The number of anilines is 1. The van der Waals surface area contributed by atoms with Crippen molar-refractivity contribution in [1.82, 2.24) is 4.90 Å². The number of halogens is 1. The summed E-state index contributed by atoms with van der Waals surface area (Å²) in [5.74, 6) is -0.281. The lowest BCUT2D eigenvalue weighted by molar-refractivity contribution is -0.123. The smallest absolute Gasteiger partial charge is 0.251 e. The van der Waals surface area contributed by atoms with Crippen molar-refractivity contribution >= 4 is 17.5 Å². The van der Waals surface area contributed by atoms with Gasteiger partial charge in [0, 0.05) is 0 Å². The zero-order chi connectivity index (χ0) is 18.1. The van der Waals surface area contributed by atoms with Gasteiger partial charge in [0.15, 0.2) is 0 Å². The molecule has 134 valence electrons. The lowest BCUT2D eigenvalue weighted by Crippen LogP contribution is -2.45. The average molecular weight is 352 g/mol. The van der Waals surface area contributed by atoms with Gasteiger partial charge in [0.05, 0.1) is 18.2 Å². The average Bonchev–Trinajstić information content (AvgIpc) is 2.98. The van der Waals surface area contributed by atoms with E-state index in [9.17, 15) is 14.0 Å². The Labute approximate surface area is 152 Å². The summed E-state index contributed by atoms with van der Waals surface area (Å²) in [5, 5.41) is 0. The zero-order valence-electron chi connectivity index (χ0n) is 14.5. The fourth-order valence-electron chi connectivity index (χ4n) is 4.03. The number of carbonyl (C=O) groups is 2. The van der Waals surface area contributed by atoms with Gasteiger partial charge in [-0.15, -0.1) is 0 Å². The molecule has 2 aromatic rings. The van der Waals surface area contributed by atoms with E-state index in [1.807, 2.05) is 6.07 Å². The number of hydrogen-bond donors (Lipinski definition) is 0. The van der Waals surface area contributed by atoms with Crippen LogP contribution in [0.4, 0.5) is 10.1 Å². The van der Waals surface area contributed by atoms with Gasteiger partial charge in [0.1, 0.15) is 5.82 Å². The maximum absolute atomic E-state index is 13.1. The molecule has 1 atom stereocenters. The number of amides is 2. The van der Waals surface area contributed by atoms with E-state index in [1.165, 1.54) is 34.7 Å². The van der Waals surface area contributed by atoms with E-state index in [0.29, 0.717) is 11.6 Å². The van der Waals surface area contributed by atoms with Crippen LogP contribution in [-0.2, 0) is 9.59 Å². The molecule has 0 spiro atoms. The Morgan fingerprint density at radius 3 is 2.19 bits per heavy atom. The van der Waals surface area contributed by atoms with E-state index in [2.05, 4.69) is 29.2 Å². The van der Waals surface area contributed by atoms with Crippen molar-refractivity contribution in [1.29, 1.82) is 0 Å². The Morgan fingerprint density at radius 1 is 0.885 bits per heavy atom. The van der Waals surface area contributed by atoms with Crippen LogP contribution >= 0.6 is 0 Å². The predicted molar refractivity (Wildman–Crippen MR) is 97.3 cm³/mol. The van der Waals surface area contributed by atoms with Crippen LogP contribution in [0.2, 0.25) is 0 Å². The van der Waals surface area contributed by atoms with Crippen LogP contribution in [0.15, 0.2) is 54.6 Å². The lowest BCUT2D eigenvalue weighted by atomic mass is 9.89. The van der Waals surface area contributed by atoms with Gasteiger partial charge in [0.2, 0.25) is 5.91 Å². The maximum atomic E-state index is 13.1. The normalized spacial score (nSPS) is 22.2. The Balaban J connectivity index is 1.44. The van der Waals surface area contributed by atoms with Crippen LogP contribution in [-0.4, -0.2) is 35.8 Å². The Bertz CT molecular complexity index is 799. The summed E-state index contributed by atoms with van der Waals surface area (Å²) in [6, 6.07) is 15.5. The highest BCUT2D eigenvalue weighted by atomic mass is 19.1.